The number of aliphatic hydroxyl groups is 1. The molecule has 2 aromatic carbocycles. The summed E-state index contributed by atoms with van der Waals surface area (Å²) >= 11 is 5.87. The number of hydrogen-bond acceptors (Lipinski definition) is 3. The highest BCUT2D eigenvalue weighted by molar-refractivity contribution is 6.30. The molecule has 0 spiro atoms. The second-order valence-corrected chi connectivity index (χ2v) is 5.75. The number of carboxylic acids is 1. The summed E-state index contributed by atoms with van der Waals surface area (Å²) in [5.41, 5.74) is 1.27. The van der Waals surface area contributed by atoms with Gasteiger partial charge in [-0.3, -0.25) is 4.79 Å². The number of aromatic carboxylic acids is 1. The Balaban J connectivity index is 2.22. The lowest BCUT2D eigenvalue weighted by molar-refractivity contribution is 0.0697. The minimum absolute atomic E-state index is 0.0282. The van der Waals surface area contributed by atoms with Crippen LogP contribution in [0.4, 0.5) is 0 Å². The molecular weight excluding hydrogens is 330 g/mol. The molecule has 0 aliphatic carbocycles. The Bertz CT molecular complexity index is 715. The predicted octanol–water partition coefficient (Wildman–Crippen LogP) is 3.06. The molecule has 0 aliphatic rings. The first kappa shape index (κ1) is 18.0. The second-order valence-electron chi connectivity index (χ2n) is 5.32. The molecule has 0 aromatic heterocycles. The van der Waals surface area contributed by atoms with Gasteiger partial charge < -0.3 is 15.1 Å². The molecule has 0 unspecified atom stereocenters. The van der Waals surface area contributed by atoms with Crippen LogP contribution in [0.5, 0.6) is 0 Å². The number of amides is 1. The second kappa shape index (κ2) is 8.47. The van der Waals surface area contributed by atoms with Crippen molar-refractivity contribution >= 4 is 23.5 Å². The van der Waals surface area contributed by atoms with Gasteiger partial charge in [0.2, 0.25) is 0 Å². The van der Waals surface area contributed by atoms with Gasteiger partial charge in [-0.1, -0.05) is 29.8 Å². The first-order valence-corrected chi connectivity index (χ1v) is 7.87. The molecule has 5 nitrogen and oxygen atoms in total. The molecule has 0 bridgehead atoms. The van der Waals surface area contributed by atoms with Gasteiger partial charge in [0.15, 0.2) is 0 Å². The van der Waals surface area contributed by atoms with Crippen LogP contribution in [0.25, 0.3) is 0 Å². The summed E-state index contributed by atoms with van der Waals surface area (Å²) in [6.45, 7) is 0.697. The third-order valence-electron chi connectivity index (χ3n) is 3.52. The Kier molecular flexibility index (Phi) is 6.35. The summed E-state index contributed by atoms with van der Waals surface area (Å²) in [5.74, 6) is -1.36. The minimum Gasteiger partial charge on any atom is -0.478 e. The van der Waals surface area contributed by atoms with E-state index in [1.165, 1.54) is 12.1 Å². The van der Waals surface area contributed by atoms with Gasteiger partial charge in [0.25, 0.3) is 5.91 Å². The van der Waals surface area contributed by atoms with Crippen molar-refractivity contribution in [2.45, 2.75) is 13.0 Å². The van der Waals surface area contributed by atoms with E-state index >= 15 is 0 Å². The van der Waals surface area contributed by atoms with Crippen molar-refractivity contribution in [3.63, 3.8) is 0 Å². The SMILES string of the molecule is O=C(O)c1cccc(C(=O)N(CCCO)Cc2ccc(Cl)cc2)c1. The van der Waals surface area contributed by atoms with E-state index in [1.807, 2.05) is 12.1 Å². The van der Waals surface area contributed by atoms with E-state index < -0.39 is 5.97 Å². The van der Waals surface area contributed by atoms with Crippen LogP contribution in [0.3, 0.4) is 0 Å². The lowest BCUT2D eigenvalue weighted by Crippen LogP contribution is -2.32. The fourth-order valence-corrected chi connectivity index (χ4v) is 2.42. The molecule has 0 atom stereocenters. The van der Waals surface area contributed by atoms with Crippen LogP contribution in [0.2, 0.25) is 5.02 Å². The Morgan fingerprint density at radius 1 is 1.04 bits per heavy atom. The van der Waals surface area contributed by atoms with Gasteiger partial charge in [-0.05, 0) is 42.3 Å². The molecule has 2 aromatic rings. The van der Waals surface area contributed by atoms with Gasteiger partial charge >= 0.3 is 5.97 Å². The predicted molar refractivity (Wildman–Crippen MR) is 91.3 cm³/mol. The highest BCUT2D eigenvalue weighted by Gasteiger charge is 2.17. The quantitative estimate of drug-likeness (QED) is 0.807. The lowest BCUT2D eigenvalue weighted by Gasteiger charge is -2.23. The van der Waals surface area contributed by atoms with Gasteiger partial charge in [-0.25, -0.2) is 4.79 Å². The maximum atomic E-state index is 12.7. The van der Waals surface area contributed by atoms with Crippen LogP contribution in [-0.2, 0) is 6.54 Å². The summed E-state index contributed by atoms with van der Waals surface area (Å²) in [6, 6.07) is 13.1. The molecule has 0 heterocycles. The molecule has 2 N–H and O–H groups in total. The van der Waals surface area contributed by atoms with Crippen molar-refractivity contribution in [2.75, 3.05) is 13.2 Å². The Morgan fingerprint density at radius 2 is 1.71 bits per heavy atom. The number of carboxylic acid groups (broad SMARTS) is 1. The first-order valence-electron chi connectivity index (χ1n) is 7.49. The number of benzene rings is 2. The van der Waals surface area contributed by atoms with Crippen molar-refractivity contribution in [3.8, 4) is 0 Å². The minimum atomic E-state index is -1.08. The maximum absolute atomic E-state index is 12.7. The molecule has 126 valence electrons. The smallest absolute Gasteiger partial charge is 0.335 e. The van der Waals surface area contributed by atoms with Crippen LogP contribution >= 0.6 is 11.6 Å². The molecule has 24 heavy (non-hydrogen) atoms. The van der Waals surface area contributed by atoms with Crippen molar-refractivity contribution in [3.05, 3.63) is 70.2 Å². The molecule has 2 rings (SSSR count). The zero-order valence-electron chi connectivity index (χ0n) is 13.0. The van der Waals surface area contributed by atoms with E-state index in [-0.39, 0.29) is 18.1 Å². The maximum Gasteiger partial charge on any atom is 0.335 e. The summed E-state index contributed by atoms with van der Waals surface area (Å²) in [5, 5.41) is 18.7. The average molecular weight is 348 g/mol. The van der Waals surface area contributed by atoms with Crippen molar-refractivity contribution in [1.82, 2.24) is 4.90 Å². The third kappa shape index (κ3) is 4.81. The zero-order valence-corrected chi connectivity index (χ0v) is 13.7. The van der Waals surface area contributed by atoms with E-state index in [0.29, 0.717) is 30.1 Å². The summed E-state index contributed by atoms with van der Waals surface area (Å²) < 4.78 is 0. The van der Waals surface area contributed by atoms with Crippen LogP contribution in [0.15, 0.2) is 48.5 Å². The summed E-state index contributed by atoms with van der Waals surface area (Å²) in [6.07, 6.45) is 0.442. The van der Waals surface area contributed by atoms with Crippen LogP contribution in [0.1, 0.15) is 32.7 Å². The van der Waals surface area contributed by atoms with Crippen LogP contribution in [0, 0.1) is 0 Å². The molecule has 0 saturated heterocycles. The van der Waals surface area contributed by atoms with E-state index in [2.05, 4.69) is 0 Å². The summed E-state index contributed by atoms with van der Waals surface area (Å²) in [7, 11) is 0. The van der Waals surface area contributed by atoms with Gasteiger partial charge in [-0.2, -0.15) is 0 Å². The van der Waals surface area contributed by atoms with Crippen molar-refractivity contribution in [1.29, 1.82) is 0 Å². The first-order chi connectivity index (χ1) is 11.5. The highest BCUT2D eigenvalue weighted by Crippen LogP contribution is 2.15. The number of carbonyl (C=O) groups is 2. The van der Waals surface area contributed by atoms with E-state index in [4.69, 9.17) is 21.8 Å². The van der Waals surface area contributed by atoms with Gasteiger partial charge in [0, 0.05) is 30.3 Å². The molecule has 0 saturated carbocycles. The summed E-state index contributed by atoms with van der Waals surface area (Å²) in [4.78, 5) is 25.4. The van der Waals surface area contributed by atoms with Gasteiger partial charge in [-0.15, -0.1) is 0 Å². The van der Waals surface area contributed by atoms with Crippen molar-refractivity contribution < 1.29 is 19.8 Å². The molecule has 6 heteroatoms. The third-order valence-corrected chi connectivity index (χ3v) is 3.77. The average Bonchev–Trinajstić information content (AvgIpc) is 2.59. The number of aliphatic hydroxyl groups excluding tert-OH is 1. The Hall–Kier alpha value is -2.37. The fraction of sp³-hybridized carbons (Fsp3) is 0.222. The van der Waals surface area contributed by atoms with Crippen LogP contribution < -0.4 is 0 Å². The number of rotatable bonds is 7. The normalized spacial score (nSPS) is 10.4. The molecule has 0 radical (unpaired) electrons. The van der Waals surface area contributed by atoms with Gasteiger partial charge in [0.05, 0.1) is 5.56 Å². The van der Waals surface area contributed by atoms with Gasteiger partial charge in [0.1, 0.15) is 0 Å². The lowest BCUT2D eigenvalue weighted by atomic mass is 10.1. The van der Waals surface area contributed by atoms with Crippen LogP contribution in [-0.4, -0.2) is 40.1 Å². The molecule has 0 aliphatic heterocycles. The molecular formula is C18H18ClNO4. The Labute approximate surface area is 145 Å². The van der Waals surface area contributed by atoms with E-state index in [1.54, 1.807) is 29.2 Å². The monoisotopic (exact) mass is 347 g/mol. The Morgan fingerprint density at radius 3 is 2.33 bits per heavy atom. The number of nitrogens with zero attached hydrogens (tertiary/aromatic N) is 1. The zero-order chi connectivity index (χ0) is 17.5. The molecule has 1 amide bonds. The van der Waals surface area contributed by atoms with Crippen molar-refractivity contribution in [2.24, 2.45) is 0 Å². The fourth-order valence-electron chi connectivity index (χ4n) is 2.29. The molecule has 0 fully saturated rings. The topological polar surface area (TPSA) is 77.8 Å². The number of hydrogen-bond donors (Lipinski definition) is 2. The largest absolute Gasteiger partial charge is 0.478 e. The highest BCUT2D eigenvalue weighted by atomic mass is 35.5. The standard InChI is InChI=1S/C18H18ClNO4/c19-16-7-5-13(6-8-16)12-20(9-2-10-21)17(22)14-3-1-4-15(11-14)18(23)24/h1,3-8,11,21H,2,9-10,12H2,(H,23,24). The van der Waals surface area contributed by atoms with E-state index in [0.717, 1.165) is 5.56 Å². The number of halogens is 1. The number of carbonyl (C=O) groups excluding carboxylic acids is 1. The van der Waals surface area contributed by atoms with E-state index in [9.17, 15) is 9.59 Å².